The Morgan fingerprint density at radius 1 is 0.933 bits per heavy atom. The van der Waals surface area contributed by atoms with Crippen LogP contribution in [0.5, 0.6) is 0 Å². The zero-order valence-electron chi connectivity index (χ0n) is 16.8. The zero-order chi connectivity index (χ0) is 20.9. The Hall–Kier alpha value is -3.35. The highest BCUT2D eigenvalue weighted by atomic mass is 16.2. The third-order valence-corrected chi connectivity index (χ3v) is 5.39. The number of carbonyl (C=O) groups excluding carboxylic acids is 3. The van der Waals surface area contributed by atoms with Gasteiger partial charge in [0.2, 0.25) is 11.8 Å². The molecule has 2 aromatic rings. The summed E-state index contributed by atoms with van der Waals surface area (Å²) in [6.45, 7) is 1.16. The second kappa shape index (κ2) is 8.98. The third-order valence-electron chi connectivity index (χ3n) is 5.39. The average Bonchev–Trinajstić information content (AvgIpc) is 3.56. The molecule has 3 N–H and O–H groups in total. The standard InChI is InChI=1S/C23H26N4O3/c28-20(25-14-6-13-24-16-7-2-1-3-8-16)15-26-22(29)21-18-9-4-5-10-19(18)23(30)27(21)17-11-12-17/h1-5,7-10,17,21,24H,6,11-15H2,(H,25,28)(H,26,29). The van der Waals surface area contributed by atoms with Gasteiger partial charge in [-0.1, -0.05) is 36.4 Å². The van der Waals surface area contributed by atoms with Gasteiger partial charge in [0.05, 0.1) is 6.54 Å². The summed E-state index contributed by atoms with van der Waals surface area (Å²) in [5.74, 6) is -0.636. The molecule has 0 saturated heterocycles. The molecular weight excluding hydrogens is 380 g/mol. The Morgan fingerprint density at radius 3 is 2.43 bits per heavy atom. The molecule has 0 aromatic heterocycles. The molecule has 7 heteroatoms. The number of para-hydroxylation sites is 1. The molecule has 0 spiro atoms. The molecule has 1 aliphatic carbocycles. The van der Waals surface area contributed by atoms with Crippen LogP contribution in [-0.4, -0.2) is 48.3 Å². The summed E-state index contributed by atoms with van der Waals surface area (Å²) < 4.78 is 0. The lowest BCUT2D eigenvalue weighted by Gasteiger charge is -2.24. The van der Waals surface area contributed by atoms with E-state index in [0.29, 0.717) is 12.1 Å². The van der Waals surface area contributed by atoms with Crippen molar-refractivity contribution in [1.29, 1.82) is 0 Å². The highest BCUT2D eigenvalue weighted by Crippen LogP contribution is 2.41. The number of amides is 3. The van der Waals surface area contributed by atoms with Crippen LogP contribution in [0.15, 0.2) is 54.6 Å². The van der Waals surface area contributed by atoms with Crippen LogP contribution in [0.3, 0.4) is 0 Å². The van der Waals surface area contributed by atoms with E-state index in [2.05, 4.69) is 16.0 Å². The summed E-state index contributed by atoms with van der Waals surface area (Å²) in [5, 5.41) is 8.80. The molecule has 3 amide bonds. The number of nitrogens with zero attached hydrogens (tertiary/aromatic N) is 1. The van der Waals surface area contributed by atoms with E-state index in [1.54, 1.807) is 11.0 Å². The third kappa shape index (κ3) is 4.45. The van der Waals surface area contributed by atoms with Gasteiger partial charge in [-0.3, -0.25) is 14.4 Å². The minimum absolute atomic E-state index is 0.0939. The van der Waals surface area contributed by atoms with Crippen LogP contribution in [0.4, 0.5) is 5.69 Å². The van der Waals surface area contributed by atoms with Crippen molar-refractivity contribution in [2.45, 2.75) is 31.3 Å². The first kappa shape index (κ1) is 19.9. The minimum Gasteiger partial charge on any atom is -0.385 e. The Labute approximate surface area is 175 Å². The quantitative estimate of drug-likeness (QED) is 0.556. The number of hydrogen-bond donors (Lipinski definition) is 3. The Kier molecular flexibility index (Phi) is 5.97. The summed E-state index contributed by atoms with van der Waals surface area (Å²) in [6.07, 6.45) is 2.61. The van der Waals surface area contributed by atoms with Gasteiger partial charge in [-0.25, -0.2) is 0 Å². The lowest BCUT2D eigenvalue weighted by atomic mass is 10.0. The van der Waals surface area contributed by atoms with Crippen LogP contribution >= 0.6 is 0 Å². The molecule has 4 rings (SSSR count). The van der Waals surface area contributed by atoms with Crippen LogP contribution in [0.25, 0.3) is 0 Å². The van der Waals surface area contributed by atoms with Crippen LogP contribution in [0.1, 0.15) is 41.2 Å². The van der Waals surface area contributed by atoms with Gasteiger partial charge in [-0.15, -0.1) is 0 Å². The van der Waals surface area contributed by atoms with Crippen molar-refractivity contribution >= 4 is 23.4 Å². The lowest BCUT2D eigenvalue weighted by molar-refractivity contribution is -0.129. The van der Waals surface area contributed by atoms with Crippen LogP contribution in [-0.2, 0) is 9.59 Å². The molecule has 1 saturated carbocycles. The second-order valence-corrected chi connectivity index (χ2v) is 7.65. The molecule has 1 heterocycles. The summed E-state index contributed by atoms with van der Waals surface area (Å²) in [6, 6.07) is 16.6. The minimum atomic E-state index is -0.649. The van der Waals surface area contributed by atoms with Gasteiger partial charge in [-0.05, 0) is 43.0 Å². The summed E-state index contributed by atoms with van der Waals surface area (Å²) in [4.78, 5) is 39.3. The van der Waals surface area contributed by atoms with E-state index in [1.165, 1.54) is 0 Å². The lowest BCUT2D eigenvalue weighted by Crippen LogP contribution is -2.44. The Morgan fingerprint density at radius 2 is 1.67 bits per heavy atom. The smallest absolute Gasteiger partial charge is 0.255 e. The number of hydrogen-bond acceptors (Lipinski definition) is 4. The van der Waals surface area contributed by atoms with E-state index in [4.69, 9.17) is 0 Å². The fourth-order valence-electron chi connectivity index (χ4n) is 3.76. The number of nitrogens with one attached hydrogen (secondary N) is 3. The monoisotopic (exact) mass is 406 g/mol. The predicted octanol–water partition coefficient (Wildman–Crippen LogP) is 2.08. The molecule has 0 bridgehead atoms. The molecular formula is C23H26N4O3. The molecule has 2 aliphatic rings. The summed E-state index contributed by atoms with van der Waals surface area (Å²) in [5.41, 5.74) is 2.35. The summed E-state index contributed by atoms with van der Waals surface area (Å²) >= 11 is 0. The number of fused-ring (bicyclic) bond motifs is 1. The van der Waals surface area contributed by atoms with Crippen molar-refractivity contribution in [2.24, 2.45) is 0 Å². The first-order chi connectivity index (χ1) is 14.6. The highest BCUT2D eigenvalue weighted by molar-refractivity contribution is 6.05. The topological polar surface area (TPSA) is 90.5 Å². The normalized spacial score (nSPS) is 17.4. The van der Waals surface area contributed by atoms with Gasteiger partial charge in [0.1, 0.15) is 6.04 Å². The SMILES string of the molecule is O=C(CNC(=O)C1c2ccccc2C(=O)N1C1CC1)NCCCNc1ccccc1. The first-order valence-electron chi connectivity index (χ1n) is 10.4. The molecule has 1 fully saturated rings. The molecule has 156 valence electrons. The molecule has 1 unspecified atom stereocenters. The van der Waals surface area contributed by atoms with E-state index in [1.807, 2.05) is 48.5 Å². The van der Waals surface area contributed by atoms with Crippen LogP contribution < -0.4 is 16.0 Å². The van der Waals surface area contributed by atoms with Crippen molar-refractivity contribution < 1.29 is 14.4 Å². The van der Waals surface area contributed by atoms with E-state index in [0.717, 1.165) is 37.1 Å². The van der Waals surface area contributed by atoms with Gasteiger partial charge in [0.25, 0.3) is 5.91 Å². The van der Waals surface area contributed by atoms with Crippen molar-refractivity contribution in [1.82, 2.24) is 15.5 Å². The first-order valence-corrected chi connectivity index (χ1v) is 10.4. The molecule has 1 aliphatic heterocycles. The van der Waals surface area contributed by atoms with Gasteiger partial charge < -0.3 is 20.9 Å². The van der Waals surface area contributed by atoms with Gasteiger partial charge in [-0.2, -0.15) is 0 Å². The number of carbonyl (C=O) groups is 3. The largest absolute Gasteiger partial charge is 0.385 e. The Balaban J connectivity index is 1.23. The summed E-state index contributed by atoms with van der Waals surface area (Å²) in [7, 11) is 0. The number of anilines is 1. The van der Waals surface area contributed by atoms with Crippen molar-refractivity contribution in [3.8, 4) is 0 Å². The van der Waals surface area contributed by atoms with E-state index in [-0.39, 0.29) is 30.3 Å². The zero-order valence-corrected chi connectivity index (χ0v) is 16.8. The van der Waals surface area contributed by atoms with E-state index < -0.39 is 6.04 Å². The van der Waals surface area contributed by atoms with Crippen molar-refractivity contribution in [2.75, 3.05) is 25.0 Å². The maximum Gasteiger partial charge on any atom is 0.255 e. The number of rotatable bonds is 9. The molecule has 0 radical (unpaired) electrons. The van der Waals surface area contributed by atoms with Gasteiger partial charge in [0.15, 0.2) is 0 Å². The van der Waals surface area contributed by atoms with Gasteiger partial charge in [0, 0.05) is 30.4 Å². The molecule has 1 atom stereocenters. The maximum atomic E-state index is 12.8. The maximum absolute atomic E-state index is 12.8. The van der Waals surface area contributed by atoms with Gasteiger partial charge >= 0.3 is 0 Å². The molecule has 30 heavy (non-hydrogen) atoms. The fourth-order valence-corrected chi connectivity index (χ4v) is 3.76. The molecule has 2 aromatic carbocycles. The number of benzene rings is 2. The highest BCUT2D eigenvalue weighted by Gasteiger charge is 2.47. The van der Waals surface area contributed by atoms with Crippen molar-refractivity contribution in [3.05, 3.63) is 65.7 Å². The second-order valence-electron chi connectivity index (χ2n) is 7.65. The predicted molar refractivity (Wildman–Crippen MR) is 114 cm³/mol. The van der Waals surface area contributed by atoms with Crippen LogP contribution in [0.2, 0.25) is 0 Å². The fraction of sp³-hybridized carbons (Fsp3) is 0.348. The molecule has 7 nitrogen and oxygen atoms in total. The van der Waals surface area contributed by atoms with E-state index >= 15 is 0 Å². The van der Waals surface area contributed by atoms with Crippen molar-refractivity contribution in [3.63, 3.8) is 0 Å². The van der Waals surface area contributed by atoms with E-state index in [9.17, 15) is 14.4 Å². The van der Waals surface area contributed by atoms with Crippen LogP contribution in [0, 0.1) is 0 Å². The Bertz CT molecular complexity index is 927. The average molecular weight is 406 g/mol.